The smallest absolute Gasteiger partial charge is 0.306 e. The summed E-state index contributed by atoms with van der Waals surface area (Å²) >= 11 is 0. The van der Waals surface area contributed by atoms with Gasteiger partial charge in [0.15, 0.2) is 6.61 Å². The summed E-state index contributed by atoms with van der Waals surface area (Å²) in [4.78, 5) is 26.1. The van der Waals surface area contributed by atoms with Crippen LogP contribution >= 0.6 is 0 Å². The molecule has 0 saturated heterocycles. The minimum absolute atomic E-state index is 0.109. The van der Waals surface area contributed by atoms with E-state index in [4.69, 9.17) is 4.74 Å². The average molecular weight is 475 g/mol. The molecule has 0 aliphatic carbocycles. The molecule has 0 aromatic heterocycles. The molecule has 0 radical (unpaired) electrons. The molecule has 0 unspecified atom stereocenters. The molecular formula is C25H34N2O5S. The predicted octanol–water partition coefficient (Wildman–Crippen LogP) is 3.41. The first-order valence-corrected chi connectivity index (χ1v) is 12.7. The van der Waals surface area contributed by atoms with Crippen molar-refractivity contribution in [3.8, 4) is 0 Å². The summed E-state index contributed by atoms with van der Waals surface area (Å²) in [5.74, 6) is -0.738. The maximum Gasteiger partial charge on any atom is 0.306 e. The number of benzene rings is 2. The molecule has 8 heteroatoms. The summed E-state index contributed by atoms with van der Waals surface area (Å²) in [6.45, 7) is 6.65. The molecule has 2 aromatic rings. The molecule has 0 saturated carbocycles. The van der Waals surface area contributed by atoms with Crippen molar-refractivity contribution in [2.24, 2.45) is 0 Å². The third-order valence-corrected chi connectivity index (χ3v) is 7.58. The molecule has 0 heterocycles. The zero-order valence-electron chi connectivity index (χ0n) is 19.9. The van der Waals surface area contributed by atoms with Gasteiger partial charge in [-0.1, -0.05) is 57.2 Å². The van der Waals surface area contributed by atoms with E-state index >= 15 is 0 Å². The Hall–Kier alpha value is -2.71. The highest BCUT2D eigenvalue weighted by Gasteiger charge is 2.21. The van der Waals surface area contributed by atoms with E-state index in [2.05, 4.69) is 6.92 Å². The van der Waals surface area contributed by atoms with E-state index in [9.17, 15) is 18.0 Å². The number of carbonyl (C=O) groups excluding carboxylic acids is 2. The minimum Gasteiger partial charge on any atom is -0.456 e. The average Bonchev–Trinajstić information content (AvgIpc) is 2.82. The van der Waals surface area contributed by atoms with Crippen molar-refractivity contribution in [3.05, 3.63) is 65.2 Å². The van der Waals surface area contributed by atoms with Crippen LogP contribution in [0.1, 0.15) is 43.9 Å². The highest BCUT2D eigenvalue weighted by Crippen LogP contribution is 2.17. The largest absolute Gasteiger partial charge is 0.456 e. The lowest BCUT2D eigenvalue weighted by Gasteiger charge is -2.18. The first-order valence-electron chi connectivity index (χ1n) is 11.3. The summed E-state index contributed by atoms with van der Waals surface area (Å²) in [5.41, 5.74) is 3.08. The van der Waals surface area contributed by atoms with Crippen LogP contribution < -0.4 is 0 Å². The van der Waals surface area contributed by atoms with Gasteiger partial charge >= 0.3 is 5.97 Å². The van der Waals surface area contributed by atoms with E-state index in [1.165, 1.54) is 14.8 Å². The Bertz CT molecular complexity index is 1010. The topological polar surface area (TPSA) is 84.0 Å². The number of amides is 1. The van der Waals surface area contributed by atoms with Gasteiger partial charge < -0.3 is 9.64 Å². The molecule has 0 bridgehead atoms. The Morgan fingerprint density at radius 3 is 1.94 bits per heavy atom. The monoisotopic (exact) mass is 474 g/mol. The zero-order chi connectivity index (χ0) is 24.4. The Balaban J connectivity index is 1.79. The van der Waals surface area contributed by atoms with Crippen LogP contribution in [0.4, 0.5) is 0 Å². The van der Waals surface area contributed by atoms with Gasteiger partial charge in [-0.25, -0.2) is 8.42 Å². The third-order valence-electron chi connectivity index (χ3n) is 5.52. The SMILES string of the molecule is CCc1ccc(CN(C)C(=O)COC(=O)CCc2ccc(S(=O)(=O)N(CC)CC)cc2)cc1. The van der Waals surface area contributed by atoms with Crippen molar-refractivity contribution < 1.29 is 22.7 Å². The van der Waals surface area contributed by atoms with Crippen LogP contribution in [0.15, 0.2) is 53.4 Å². The second-order valence-electron chi connectivity index (χ2n) is 7.81. The lowest BCUT2D eigenvalue weighted by atomic mass is 10.1. The number of esters is 1. The molecule has 0 fully saturated rings. The van der Waals surface area contributed by atoms with Crippen LogP contribution in [0.3, 0.4) is 0 Å². The van der Waals surface area contributed by atoms with Crippen molar-refractivity contribution in [3.63, 3.8) is 0 Å². The second-order valence-corrected chi connectivity index (χ2v) is 9.75. The Morgan fingerprint density at radius 1 is 0.848 bits per heavy atom. The fourth-order valence-electron chi connectivity index (χ4n) is 3.35. The molecule has 2 aromatic carbocycles. The van der Waals surface area contributed by atoms with Gasteiger partial charge in [-0.2, -0.15) is 4.31 Å². The number of hydrogen-bond acceptors (Lipinski definition) is 5. The van der Waals surface area contributed by atoms with E-state index in [1.807, 2.05) is 24.3 Å². The zero-order valence-corrected chi connectivity index (χ0v) is 20.7. The van der Waals surface area contributed by atoms with Crippen molar-refractivity contribution >= 4 is 21.9 Å². The fraction of sp³-hybridized carbons (Fsp3) is 0.440. The Labute approximate surface area is 197 Å². The molecule has 2 rings (SSSR count). The van der Waals surface area contributed by atoms with E-state index in [1.54, 1.807) is 45.2 Å². The Kier molecular flexibility index (Phi) is 10.1. The molecule has 7 nitrogen and oxygen atoms in total. The van der Waals surface area contributed by atoms with Gasteiger partial charge in [0.1, 0.15) is 0 Å². The van der Waals surface area contributed by atoms with Gasteiger partial charge in [0.25, 0.3) is 5.91 Å². The lowest BCUT2D eigenvalue weighted by Crippen LogP contribution is -2.30. The highest BCUT2D eigenvalue weighted by molar-refractivity contribution is 7.89. The van der Waals surface area contributed by atoms with Gasteiger partial charge in [-0.3, -0.25) is 9.59 Å². The molecule has 0 atom stereocenters. The summed E-state index contributed by atoms with van der Waals surface area (Å²) in [5, 5.41) is 0. The third kappa shape index (κ3) is 7.68. The predicted molar refractivity (Wildman–Crippen MR) is 128 cm³/mol. The molecule has 0 aliphatic heterocycles. The Morgan fingerprint density at radius 2 is 1.39 bits per heavy atom. The van der Waals surface area contributed by atoms with Crippen LogP contribution in [0.25, 0.3) is 0 Å². The first-order chi connectivity index (χ1) is 15.7. The summed E-state index contributed by atoms with van der Waals surface area (Å²) in [6, 6.07) is 14.6. The number of nitrogens with zero attached hydrogens (tertiary/aromatic N) is 2. The van der Waals surface area contributed by atoms with Gasteiger partial charge in [-0.15, -0.1) is 0 Å². The van der Waals surface area contributed by atoms with Gasteiger partial charge in [-0.05, 0) is 41.7 Å². The fourth-order valence-corrected chi connectivity index (χ4v) is 4.81. The number of carbonyl (C=O) groups is 2. The number of likely N-dealkylation sites (N-methyl/N-ethyl adjacent to an activating group) is 1. The van der Waals surface area contributed by atoms with Crippen molar-refractivity contribution in [1.29, 1.82) is 0 Å². The maximum atomic E-state index is 12.5. The molecule has 0 spiro atoms. The van der Waals surface area contributed by atoms with Crippen molar-refractivity contribution in [1.82, 2.24) is 9.21 Å². The number of aryl methyl sites for hydroxylation is 2. The number of rotatable bonds is 12. The molecule has 0 aliphatic rings. The van der Waals surface area contributed by atoms with Gasteiger partial charge in [0.05, 0.1) is 4.90 Å². The normalized spacial score (nSPS) is 11.4. The summed E-state index contributed by atoms with van der Waals surface area (Å²) < 4.78 is 31.6. The quantitative estimate of drug-likeness (QED) is 0.440. The summed E-state index contributed by atoms with van der Waals surface area (Å²) in [6.07, 6.45) is 1.47. The molecule has 33 heavy (non-hydrogen) atoms. The van der Waals surface area contributed by atoms with E-state index in [0.29, 0.717) is 26.1 Å². The van der Waals surface area contributed by atoms with Crippen LogP contribution in [-0.2, 0) is 43.7 Å². The maximum absolute atomic E-state index is 12.5. The first kappa shape index (κ1) is 26.5. The number of hydrogen-bond donors (Lipinski definition) is 0. The van der Waals surface area contributed by atoms with Crippen LogP contribution in [0.2, 0.25) is 0 Å². The molecule has 0 N–H and O–H groups in total. The molecule has 1 amide bonds. The van der Waals surface area contributed by atoms with E-state index < -0.39 is 16.0 Å². The molecule has 180 valence electrons. The van der Waals surface area contributed by atoms with Crippen molar-refractivity contribution in [2.45, 2.75) is 51.5 Å². The van der Waals surface area contributed by atoms with E-state index in [0.717, 1.165) is 17.5 Å². The van der Waals surface area contributed by atoms with Crippen molar-refractivity contribution in [2.75, 3.05) is 26.7 Å². The number of sulfonamides is 1. The lowest BCUT2D eigenvalue weighted by molar-refractivity contribution is -0.151. The molecular weight excluding hydrogens is 440 g/mol. The van der Waals surface area contributed by atoms with Gasteiger partial charge in [0, 0.05) is 33.1 Å². The van der Waals surface area contributed by atoms with Crippen LogP contribution in [0.5, 0.6) is 0 Å². The standard InChI is InChI=1S/C25H34N2O5S/c1-5-20-8-10-22(11-9-20)18-26(4)24(28)19-32-25(29)17-14-21-12-15-23(16-13-21)33(30,31)27(6-2)7-3/h8-13,15-16H,5-7,14,17-19H2,1-4H3. The van der Waals surface area contributed by atoms with E-state index in [-0.39, 0.29) is 23.8 Å². The minimum atomic E-state index is -3.50. The van der Waals surface area contributed by atoms with Crippen LogP contribution in [-0.4, -0.2) is 56.2 Å². The summed E-state index contributed by atoms with van der Waals surface area (Å²) in [7, 11) is -1.82. The van der Waals surface area contributed by atoms with Gasteiger partial charge in [0.2, 0.25) is 10.0 Å². The second kappa shape index (κ2) is 12.5. The number of ether oxygens (including phenoxy) is 1. The highest BCUT2D eigenvalue weighted by atomic mass is 32.2. The van der Waals surface area contributed by atoms with Crippen LogP contribution in [0, 0.1) is 0 Å².